The van der Waals surface area contributed by atoms with Crippen LogP contribution in [0.1, 0.15) is 46.0 Å². The number of aromatic amines is 1. The van der Waals surface area contributed by atoms with Gasteiger partial charge in [-0.1, -0.05) is 0 Å². The first-order valence-electron chi connectivity index (χ1n) is 8.95. The molecule has 0 saturated carbocycles. The number of H-pyrrole nitrogens is 1. The molecule has 2 rings (SSSR count). The molecule has 0 aliphatic carbocycles. The van der Waals surface area contributed by atoms with Crippen LogP contribution in [0.3, 0.4) is 0 Å². The Morgan fingerprint density at radius 2 is 1.68 bits per heavy atom. The van der Waals surface area contributed by atoms with Crippen LogP contribution in [-0.4, -0.2) is 55.2 Å². The molecule has 1 N–H and O–H groups in total. The molecular weight excluding hydrogens is 362 g/mol. The van der Waals surface area contributed by atoms with Crippen molar-refractivity contribution in [3.8, 4) is 0 Å². The Morgan fingerprint density at radius 1 is 1.11 bits per heavy atom. The number of rotatable bonds is 7. The minimum Gasteiger partial charge on any atom is -0.618 e. The van der Waals surface area contributed by atoms with E-state index in [0.29, 0.717) is 16.0 Å². The van der Waals surface area contributed by atoms with Gasteiger partial charge in [-0.2, -0.15) is 4.74 Å². The summed E-state index contributed by atoms with van der Waals surface area (Å²) in [5.41, 5.74) is 2.14. The molecule has 1 heterocycles. The fourth-order valence-electron chi connectivity index (χ4n) is 2.68. The second-order valence-corrected chi connectivity index (χ2v) is 6.22. The Bertz CT molecular complexity index is 882. The van der Waals surface area contributed by atoms with Crippen LogP contribution in [0.15, 0.2) is 24.3 Å². The Balaban J connectivity index is 2.49. The lowest BCUT2D eigenvalue weighted by molar-refractivity contribution is -0.354. The van der Waals surface area contributed by atoms with Gasteiger partial charge in [0.25, 0.3) is 0 Å². The van der Waals surface area contributed by atoms with Crippen molar-refractivity contribution in [2.75, 3.05) is 32.2 Å². The zero-order chi connectivity index (χ0) is 20.8. The van der Waals surface area contributed by atoms with Gasteiger partial charge in [-0.25, -0.2) is 9.59 Å². The molecule has 1 aromatic heterocycles. The number of esters is 2. The summed E-state index contributed by atoms with van der Waals surface area (Å²) in [6.07, 6.45) is 1.21. The molecule has 28 heavy (non-hydrogen) atoms. The summed E-state index contributed by atoms with van der Waals surface area (Å²) in [6, 6.07) is 6.96. The third-order valence-electron chi connectivity index (χ3n) is 4.11. The first-order chi connectivity index (χ1) is 13.3. The third kappa shape index (κ3) is 4.51. The molecule has 0 saturated heterocycles. The molecule has 0 atom stereocenters. The maximum absolute atomic E-state index is 12.6. The Kier molecular flexibility index (Phi) is 6.81. The molecule has 0 unspecified atom stereocenters. The van der Waals surface area contributed by atoms with Crippen molar-refractivity contribution in [3.63, 3.8) is 0 Å². The summed E-state index contributed by atoms with van der Waals surface area (Å²) in [5, 5.41) is 12.6. The number of carbonyl (C=O) groups excluding carboxylic acids is 2. The number of anilines is 1. The molecule has 0 spiro atoms. The number of carbonyl (C=O) groups is 2. The highest BCUT2D eigenvalue weighted by Gasteiger charge is 2.26. The van der Waals surface area contributed by atoms with E-state index in [4.69, 9.17) is 9.47 Å². The van der Waals surface area contributed by atoms with E-state index in [2.05, 4.69) is 4.98 Å². The summed E-state index contributed by atoms with van der Waals surface area (Å²) in [4.78, 5) is 29.3. The van der Waals surface area contributed by atoms with Gasteiger partial charge < -0.3 is 24.6 Å². The minimum atomic E-state index is -0.616. The molecule has 0 radical (unpaired) electrons. The van der Waals surface area contributed by atoms with Crippen molar-refractivity contribution in [2.24, 2.45) is 0 Å². The molecule has 8 nitrogen and oxygen atoms in total. The largest absolute Gasteiger partial charge is 0.618 e. The van der Waals surface area contributed by atoms with Gasteiger partial charge in [0.15, 0.2) is 0 Å². The lowest BCUT2D eigenvalue weighted by Gasteiger charge is -2.12. The highest BCUT2D eigenvalue weighted by Crippen LogP contribution is 2.21. The monoisotopic (exact) mass is 387 g/mol. The summed E-state index contributed by atoms with van der Waals surface area (Å²) in [5.74, 6) is -1.22. The number of hydrogen-bond acceptors (Lipinski definition) is 6. The van der Waals surface area contributed by atoms with E-state index in [-0.39, 0.29) is 30.2 Å². The second kappa shape index (κ2) is 9.07. The fraction of sp³-hybridized carbons (Fsp3) is 0.350. The molecule has 0 bridgehead atoms. The van der Waals surface area contributed by atoms with Crippen LogP contribution in [-0.2, 0) is 9.47 Å². The molecule has 0 aliphatic rings. The van der Waals surface area contributed by atoms with Crippen LogP contribution in [0.5, 0.6) is 0 Å². The first kappa shape index (κ1) is 21.0. The second-order valence-electron chi connectivity index (χ2n) is 6.22. The van der Waals surface area contributed by atoms with Gasteiger partial charge in [0.05, 0.1) is 18.8 Å². The number of nitrogens with one attached hydrogen (secondary N) is 1. The normalized spacial score (nSPS) is 11.2. The topological polar surface area (TPSA) is 97.7 Å². The summed E-state index contributed by atoms with van der Waals surface area (Å²) >= 11 is 0. The molecule has 150 valence electrons. The van der Waals surface area contributed by atoms with Crippen LogP contribution in [0.2, 0.25) is 0 Å². The summed E-state index contributed by atoms with van der Waals surface area (Å²) in [7, 11) is 3.81. The van der Waals surface area contributed by atoms with E-state index >= 15 is 0 Å². The predicted octanol–water partition coefficient (Wildman–Crippen LogP) is 3.00. The highest BCUT2D eigenvalue weighted by molar-refractivity contribution is 6.03. The van der Waals surface area contributed by atoms with E-state index in [0.717, 1.165) is 5.69 Å². The minimum absolute atomic E-state index is 0.118. The van der Waals surface area contributed by atoms with Crippen LogP contribution in [0.25, 0.3) is 0 Å². The Morgan fingerprint density at radius 3 is 2.21 bits per heavy atom. The molecule has 0 fully saturated rings. The van der Waals surface area contributed by atoms with Gasteiger partial charge in [0.2, 0.25) is 11.9 Å². The fourth-order valence-corrected chi connectivity index (χ4v) is 2.68. The number of benzene rings is 1. The molecule has 2 aromatic rings. The number of aromatic nitrogens is 1. The average molecular weight is 387 g/mol. The van der Waals surface area contributed by atoms with E-state index in [1.165, 1.54) is 6.21 Å². The lowest BCUT2D eigenvalue weighted by Crippen LogP contribution is -2.10. The Hall–Kier alpha value is -3.29. The van der Waals surface area contributed by atoms with E-state index in [1.54, 1.807) is 32.9 Å². The van der Waals surface area contributed by atoms with E-state index in [9.17, 15) is 14.8 Å². The number of nitrogens with zero attached hydrogens (tertiary/aromatic N) is 2. The third-order valence-corrected chi connectivity index (χ3v) is 4.11. The van der Waals surface area contributed by atoms with Crippen molar-refractivity contribution in [1.29, 1.82) is 0 Å². The van der Waals surface area contributed by atoms with Crippen molar-refractivity contribution < 1.29 is 23.8 Å². The Labute approximate surface area is 164 Å². The lowest BCUT2D eigenvalue weighted by atomic mass is 10.1. The van der Waals surface area contributed by atoms with Crippen molar-refractivity contribution >= 4 is 29.5 Å². The zero-order valence-corrected chi connectivity index (χ0v) is 16.7. The predicted molar refractivity (Wildman–Crippen MR) is 107 cm³/mol. The summed E-state index contributed by atoms with van der Waals surface area (Å²) < 4.78 is 10.7. The van der Waals surface area contributed by atoms with Gasteiger partial charge in [-0.05, 0) is 38.5 Å². The van der Waals surface area contributed by atoms with E-state index in [1.807, 2.05) is 31.1 Å². The van der Waals surface area contributed by atoms with Crippen LogP contribution < -0.4 is 4.90 Å². The molecule has 0 aliphatic heterocycles. The van der Waals surface area contributed by atoms with Crippen molar-refractivity contribution in [1.82, 2.24) is 4.98 Å². The molecule has 8 heteroatoms. The zero-order valence-electron chi connectivity index (χ0n) is 16.7. The molecular formula is C20H25N3O5. The summed E-state index contributed by atoms with van der Waals surface area (Å²) in [6.45, 7) is 5.34. The molecule has 1 aromatic carbocycles. The van der Waals surface area contributed by atoms with Gasteiger partial charge in [0.1, 0.15) is 11.4 Å². The van der Waals surface area contributed by atoms with Gasteiger partial charge in [-0.3, -0.25) is 0 Å². The number of hydrogen-bond donors (Lipinski definition) is 1. The maximum Gasteiger partial charge on any atom is 0.355 e. The SMILES string of the molecule is CCOC(=O)c1[nH]c(C=[N+]([O-])c2ccc(N(C)C)cc2)c(C(=O)OCC)c1C. The smallest absolute Gasteiger partial charge is 0.355 e. The molecule has 0 amide bonds. The van der Waals surface area contributed by atoms with Crippen LogP contribution >= 0.6 is 0 Å². The van der Waals surface area contributed by atoms with Crippen LogP contribution in [0, 0.1) is 12.1 Å². The average Bonchev–Trinajstić information content (AvgIpc) is 2.98. The highest BCUT2D eigenvalue weighted by atomic mass is 16.5. The number of ether oxygens (including phenoxy) is 2. The standard InChI is InChI=1S/C20H25N3O5/c1-6-27-19(24)17-13(3)18(20(25)28-7-2)21-16(17)12-23(26)15-10-8-14(9-11-15)22(4)5/h8-12,21H,6-7H2,1-5H3. The first-order valence-corrected chi connectivity index (χ1v) is 8.95. The van der Waals surface area contributed by atoms with Crippen LogP contribution in [0.4, 0.5) is 11.4 Å². The maximum atomic E-state index is 12.6. The van der Waals surface area contributed by atoms with E-state index < -0.39 is 11.9 Å². The van der Waals surface area contributed by atoms with Gasteiger partial charge >= 0.3 is 11.9 Å². The van der Waals surface area contributed by atoms with Gasteiger partial charge in [0, 0.05) is 31.9 Å². The quantitative estimate of drug-likeness (QED) is 0.258. The van der Waals surface area contributed by atoms with Gasteiger partial charge in [-0.15, -0.1) is 0 Å². The van der Waals surface area contributed by atoms with Crippen molar-refractivity contribution in [2.45, 2.75) is 20.8 Å². The van der Waals surface area contributed by atoms with Crippen molar-refractivity contribution in [3.05, 3.63) is 52.0 Å².